The molecule has 1 saturated carbocycles. The van der Waals surface area contributed by atoms with Crippen LogP contribution in [0.3, 0.4) is 0 Å². The minimum Gasteiger partial charge on any atom is -0.493 e. The van der Waals surface area contributed by atoms with Gasteiger partial charge in [0.25, 0.3) is 0 Å². The van der Waals surface area contributed by atoms with Gasteiger partial charge in [0, 0.05) is 0 Å². The predicted octanol–water partition coefficient (Wildman–Crippen LogP) is 3.27. The van der Waals surface area contributed by atoms with E-state index in [2.05, 4.69) is 0 Å². The Balaban J connectivity index is 2.38. The van der Waals surface area contributed by atoms with E-state index in [0.29, 0.717) is 11.5 Å². The minimum atomic E-state index is -1.50. The van der Waals surface area contributed by atoms with E-state index in [9.17, 15) is 9.90 Å². The number of hydrogen-bond acceptors (Lipinski definition) is 5. The summed E-state index contributed by atoms with van der Waals surface area (Å²) in [4.78, 5) is 11.9. The van der Waals surface area contributed by atoms with Crippen LogP contribution in [0.25, 0.3) is 0 Å². The number of rotatable bonds is 6. The van der Waals surface area contributed by atoms with Crippen LogP contribution < -0.4 is 9.47 Å². The average molecular weight is 329 g/mol. The van der Waals surface area contributed by atoms with Gasteiger partial charge in [-0.05, 0) is 44.7 Å². The number of halogens is 1. The average Bonchev–Trinajstić information content (AvgIpc) is 3.00. The zero-order valence-corrected chi connectivity index (χ0v) is 13.6. The molecule has 6 heteroatoms. The normalized spacial score (nSPS) is 16.4. The third kappa shape index (κ3) is 3.65. The van der Waals surface area contributed by atoms with E-state index in [0.717, 1.165) is 25.7 Å². The van der Waals surface area contributed by atoms with Crippen LogP contribution in [-0.2, 0) is 9.53 Å². The summed E-state index contributed by atoms with van der Waals surface area (Å²) in [5, 5.41) is 10.5. The third-order valence-electron chi connectivity index (χ3n) is 3.70. The molecule has 22 heavy (non-hydrogen) atoms. The molecule has 0 amide bonds. The fourth-order valence-electron chi connectivity index (χ4n) is 2.60. The maximum Gasteiger partial charge on any atom is 0.339 e. The van der Waals surface area contributed by atoms with E-state index in [1.807, 2.05) is 0 Å². The Hall–Kier alpha value is -1.46. The number of esters is 1. The molecule has 0 radical (unpaired) electrons. The zero-order chi connectivity index (χ0) is 16.1. The summed E-state index contributed by atoms with van der Waals surface area (Å²) < 4.78 is 16.1. The van der Waals surface area contributed by atoms with Gasteiger partial charge in [-0.3, -0.25) is 0 Å². The lowest BCUT2D eigenvalue weighted by Crippen LogP contribution is -2.19. The molecule has 1 aliphatic rings. The highest BCUT2D eigenvalue weighted by Gasteiger charge is 2.30. The second kappa shape index (κ2) is 7.70. The second-order valence-corrected chi connectivity index (χ2v) is 5.58. The summed E-state index contributed by atoms with van der Waals surface area (Å²) in [6.45, 7) is 1.85. The lowest BCUT2D eigenvalue weighted by atomic mass is 10.1. The molecule has 5 nitrogen and oxygen atoms in total. The van der Waals surface area contributed by atoms with Crippen LogP contribution in [0.4, 0.5) is 0 Å². The summed E-state index contributed by atoms with van der Waals surface area (Å²) in [5.41, 5.74) is 0.200. The van der Waals surface area contributed by atoms with Gasteiger partial charge in [0.2, 0.25) is 0 Å². The van der Waals surface area contributed by atoms with Gasteiger partial charge in [0.15, 0.2) is 17.6 Å². The lowest BCUT2D eigenvalue weighted by Gasteiger charge is -2.22. The number of methoxy groups -OCH3 is 1. The number of ether oxygens (including phenoxy) is 3. The number of carbonyl (C=O) groups is 1. The molecule has 0 spiro atoms. The Bertz CT molecular complexity index is 526. The summed E-state index contributed by atoms with van der Waals surface area (Å²) in [6, 6.07) is 3.23. The summed E-state index contributed by atoms with van der Waals surface area (Å²) in [6.07, 6.45) is 2.61. The van der Waals surface area contributed by atoms with Crippen LogP contribution >= 0.6 is 11.6 Å². The van der Waals surface area contributed by atoms with Crippen LogP contribution in [0.5, 0.6) is 11.5 Å². The SMILES string of the molecule is CCOC(=O)C(O)c1c(Cl)ccc(OC)c1OC1CCCC1. The Kier molecular flexibility index (Phi) is 5.91. The molecule has 0 aromatic heterocycles. The molecular formula is C16H21ClO5. The largest absolute Gasteiger partial charge is 0.493 e. The fraction of sp³-hybridized carbons (Fsp3) is 0.562. The molecular weight excluding hydrogens is 308 g/mol. The lowest BCUT2D eigenvalue weighted by molar-refractivity contribution is -0.153. The van der Waals surface area contributed by atoms with Crippen LogP contribution in [0, 0.1) is 0 Å². The highest BCUT2D eigenvalue weighted by atomic mass is 35.5. The van der Waals surface area contributed by atoms with E-state index >= 15 is 0 Å². The summed E-state index contributed by atoms with van der Waals surface area (Å²) >= 11 is 6.18. The van der Waals surface area contributed by atoms with Crippen molar-refractivity contribution in [2.75, 3.05) is 13.7 Å². The van der Waals surface area contributed by atoms with Crippen LogP contribution in [-0.4, -0.2) is 30.9 Å². The molecule has 2 rings (SSSR count). The first kappa shape index (κ1) is 16.9. The van der Waals surface area contributed by atoms with Crippen molar-refractivity contribution in [1.82, 2.24) is 0 Å². The quantitative estimate of drug-likeness (QED) is 0.812. The van der Waals surface area contributed by atoms with Crippen molar-refractivity contribution < 1.29 is 24.1 Å². The van der Waals surface area contributed by atoms with Gasteiger partial charge in [0.1, 0.15) is 0 Å². The first-order valence-electron chi connectivity index (χ1n) is 7.46. The summed E-state index contributed by atoms with van der Waals surface area (Å²) in [5.74, 6) is 0.00558. The van der Waals surface area contributed by atoms with Crippen molar-refractivity contribution in [3.63, 3.8) is 0 Å². The third-order valence-corrected chi connectivity index (χ3v) is 4.03. The van der Waals surface area contributed by atoms with Gasteiger partial charge in [0.05, 0.1) is 30.4 Å². The van der Waals surface area contributed by atoms with Gasteiger partial charge >= 0.3 is 5.97 Å². The van der Waals surface area contributed by atoms with Gasteiger partial charge in [-0.1, -0.05) is 11.6 Å². The molecule has 0 aliphatic heterocycles. The number of aliphatic hydroxyl groups excluding tert-OH is 1. The van der Waals surface area contributed by atoms with Gasteiger partial charge < -0.3 is 19.3 Å². The molecule has 1 atom stereocenters. The van der Waals surface area contributed by atoms with Gasteiger partial charge in [-0.2, -0.15) is 0 Å². The number of carbonyl (C=O) groups excluding carboxylic acids is 1. The topological polar surface area (TPSA) is 65.0 Å². The van der Waals surface area contributed by atoms with E-state index in [-0.39, 0.29) is 23.3 Å². The molecule has 1 aromatic carbocycles. The molecule has 0 bridgehead atoms. The van der Waals surface area contributed by atoms with Gasteiger partial charge in [-0.15, -0.1) is 0 Å². The molecule has 1 aromatic rings. The maximum absolute atomic E-state index is 11.9. The van der Waals surface area contributed by atoms with Crippen LogP contribution in [0.2, 0.25) is 5.02 Å². The standard InChI is InChI=1S/C16H21ClO5/c1-3-21-16(19)14(18)13-11(17)8-9-12(20-2)15(13)22-10-6-4-5-7-10/h8-10,14,18H,3-7H2,1-2H3. The monoisotopic (exact) mass is 328 g/mol. The predicted molar refractivity (Wildman–Crippen MR) is 82.5 cm³/mol. The van der Waals surface area contributed by atoms with E-state index in [4.69, 9.17) is 25.8 Å². The van der Waals surface area contributed by atoms with E-state index in [1.54, 1.807) is 19.1 Å². The number of hydrogen-bond donors (Lipinski definition) is 1. The number of benzene rings is 1. The van der Waals surface area contributed by atoms with Crippen molar-refractivity contribution >= 4 is 17.6 Å². The Morgan fingerprint density at radius 3 is 2.68 bits per heavy atom. The first-order chi connectivity index (χ1) is 10.6. The van der Waals surface area contributed by atoms with Gasteiger partial charge in [-0.25, -0.2) is 4.79 Å². The fourth-order valence-corrected chi connectivity index (χ4v) is 2.86. The van der Waals surface area contributed by atoms with Crippen molar-refractivity contribution in [3.05, 3.63) is 22.7 Å². The Labute approximate surface area is 135 Å². The van der Waals surface area contributed by atoms with Crippen LogP contribution in [0.15, 0.2) is 12.1 Å². The Morgan fingerprint density at radius 1 is 1.41 bits per heavy atom. The summed E-state index contributed by atoms with van der Waals surface area (Å²) in [7, 11) is 1.51. The molecule has 1 unspecified atom stereocenters. The van der Waals surface area contributed by atoms with Crippen molar-refractivity contribution in [1.29, 1.82) is 0 Å². The second-order valence-electron chi connectivity index (χ2n) is 5.17. The smallest absolute Gasteiger partial charge is 0.339 e. The number of aliphatic hydroxyl groups is 1. The maximum atomic E-state index is 11.9. The molecule has 122 valence electrons. The minimum absolute atomic E-state index is 0.0421. The molecule has 0 saturated heterocycles. The molecule has 1 fully saturated rings. The van der Waals surface area contributed by atoms with E-state index < -0.39 is 12.1 Å². The van der Waals surface area contributed by atoms with Crippen molar-refractivity contribution in [3.8, 4) is 11.5 Å². The van der Waals surface area contributed by atoms with Crippen molar-refractivity contribution in [2.45, 2.75) is 44.8 Å². The van der Waals surface area contributed by atoms with Crippen molar-refractivity contribution in [2.24, 2.45) is 0 Å². The Morgan fingerprint density at radius 2 is 2.09 bits per heavy atom. The molecule has 0 heterocycles. The van der Waals surface area contributed by atoms with Crippen LogP contribution in [0.1, 0.15) is 44.3 Å². The highest BCUT2D eigenvalue weighted by Crippen LogP contribution is 2.42. The molecule has 1 N–H and O–H groups in total. The molecule has 1 aliphatic carbocycles. The van der Waals surface area contributed by atoms with E-state index in [1.165, 1.54) is 7.11 Å². The highest BCUT2D eigenvalue weighted by molar-refractivity contribution is 6.32. The zero-order valence-electron chi connectivity index (χ0n) is 12.8. The first-order valence-corrected chi connectivity index (χ1v) is 7.84.